The molecule has 0 spiro atoms. The van der Waals surface area contributed by atoms with E-state index < -0.39 is 0 Å². The number of aromatic nitrogens is 3. The number of rotatable bonds is 1. The number of carbonyl (C=O) groups is 2. The molecule has 2 aromatic carbocycles. The summed E-state index contributed by atoms with van der Waals surface area (Å²) < 4.78 is 4.45. The second kappa shape index (κ2) is 10.1. The van der Waals surface area contributed by atoms with Crippen molar-refractivity contribution >= 4 is 50.6 Å². The van der Waals surface area contributed by atoms with Gasteiger partial charge in [0.2, 0.25) is 0 Å². The Balaban J connectivity index is 1.42. The normalized spacial score (nSPS) is 16.0. The van der Waals surface area contributed by atoms with Crippen LogP contribution in [0, 0.1) is 0 Å². The lowest BCUT2D eigenvalue weighted by molar-refractivity contribution is -0.122. The van der Waals surface area contributed by atoms with Gasteiger partial charge >= 0.3 is 0 Å². The van der Waals surface area contributed by atoms with Gasteiger partial charge in [-0.25, -0.2) is 4.98 Å². The molecule has 6 heterocycles. The molecule has 5 aromatic rings. The van der Waals surface area contributed by atoms with E-state index in [1.54, 1.807) is 0 Å². The van der Waals surface area contributed by atoms with E-state index in [1.165, 1.54) is 5.56 Å². The van der Waals surface area contributed by atoms with Crippen LogP contribution in [0.4, 0.5) is 5.82 Å². The SMILES string of the molecule is CN(C)c1nc2ccc1CCCCn1cc(c3ccccc31)C1=C(C(=O)NC1=O)c1cn(c3ccccc13)CCC2. The van der Waals surface area contributed by atoms with Gasteiger partial charge in [0.1, 0.15) is 5.82 Å². The third-order valence-corrected chi connectivity index (χ3v) is 8.41. The number of imide groups is 1. The van der Waals surface area contributed by atoms with Crippen molar-refractivity contribution in [1.29, 1.82) is 0 Å². The Morgan fingerprint density at radius 1 is 0.707 bits per heavy atom. The number of nitrogens with zero attached hydrogens (tertiary/aromatic N) is 4. The predicted molar refractivity (Wildman–Crippen MR) is 164 cm³/mol. The maximum atomic E-state index is 13.4. The third-order valence-electron chi connectivity index (χ3n) is 8.41. The number of pyridine rings is 1. The van der Waals surface area contributed by atoms with Crippen LogP contribution in [0.5, 0.6) is 0 Å². The summed E-state index contributed by atoms with van der Waals surface area (Å²) in [7, 11) is 4.13. The molecule has 0 saturated carbocycles. The second-order valence-corrected chi connectivity index (χ2v) is 11.3. The number of anilines is 1. The number of fused-ring (bicyclic) bond motifs is 9. The van der Waals surface area contributed by atoms with Gasteiger partial charge in [0.25, 0.3) is 11.8 Å². The molecule has 7 nitrogen and oxygen atoms in total. The van der Waals surface area contributed by atoms with Crippen LogP contribution in [0.1, 0.15) is 41.6 Å². The van der Waals surface area contributed by atoms with Gasteiger partial charge in [-0.15, -0.1) is 0 Å². The average Bonchev–Trinajstić information content (AvgIpc) is 3.61. The number of hydrogen-bond donors (Lipinski definition) is 1. The third kappa shape index (κ3) is 4.32. The fourth-order valence-electron chi connectivity index (χ4n) is 6.50. The van der Waals surface area contributed by atoms with Crippen molar-refractivity contribution in [3.63, 3.8) is 0 Å². The standard InChI is InChI=1S/C34H33N5O2/c1-37(2)32-22-10-7-8-18-38-20-26(24-12-3-5-14-28(24)38)30-31(34(41)36-33(30)40)27-21-39(29-15-6-4-13-25(27)29)19-9-11-23(35-32)17-16-22/h3-6,12-17,20-21H,7-11,18-19H2,1-2H3,(H,36,40,41). The van der Waals surface area contributed by atoms with Crippen molar-refractivity contribution in [2.75, 3.05) is 19.0 Å². The smallest absolute Gasteiger partial charge is 0.259 e. The molecule has 206 valence electrons. The highest BCUT2D eigenvalue weighted by Crippen LogP contribution is 2.39. The molecule has 0 atom stereocenters. The van der Waals surface area contributed by atoms with E-state index in [1.807, 2.05) is 42.6 Å². The minimum atomic E-state index is -0.337. The van der Waals surface area contributed by atoms with Crippen molar-refractivity contribution in [3.05, 3.63) is 95.4 Å². The molecule has 0 unspecified atom stereocenters. The molecule has 2 amide bonds. The molecular formula is C34H33N5O2. The number of nitrogens with one attached hydrogen (secondary N) is 1. The van der Waals surface area contributed by atoms with Crippen LogP contribution in [0.2, 0.25) is 0 Å². The van der Waals surface area contributed by atoms with Crippen LogP contribution in [0.15, 0.2) is 73.1 Å². The minimum absolute atomic E-state index is 0.334. The average molecular weight is 544 g/mol. The van der Waals surface area contributed by atoms with E-state index in [0.717, 1.165) is 89.6 Å². The Kier molecular flexibility index (Phi) is 6.22. The maximum Gasteiger partial charge on any atom is 0.259 e. The summed E-state index contributed by atoms with van der Waals surface area (Å²) in [5, 5.41) is 4.57. The van der Waals surface area contributed by atoms with Gasteiger partial charge in [-0.1, -0.05) is 42.5 Å². The first-order chi connectivity index (χ1) is 20.0. The lowest BCUT2D eigenvalue weighted by atomic mass is 9.95. The molecule has 0 fully saturated rings. The summed E-state index contributed by atoms with van der Waals surface area (Å²) in [5.41, 5.74) is 7.00. The number of para-hydroxylation sites is 2. The molecule has 3 aliphatic heterocycles. The fraction of sp³-hybridized carbons (Fsp3) is 0.265. The summed E-state index contributed by atoms with van der Waals surface area (Å²) in [5.74, 6) is 0.378. The first-order valence-corrected chi connectivity index (χ1v) is 14.4. The lowest BCUT2D eigenvalue weighted by Crippen LogP contribution is -2.22. The van der Waals surface area contributed by atoms with E-state index in [4.69, 9.17) is 4.98 Å². The van der Waals surface area contributed by atoms with Crippen molar-refractivity contribution in [1.82, 2.24) is 19.4 Å². The van der Waals surface area contributed by atoms with Gasteiger partial charge in [0.15, 0.2) is 0 Å². The van der Waals surface area contributed by atoms with Gasteiger partial charge in [0, 0.05) is 78.2 Å². The largest absolute Gasteiger partial charge is 0.363 e. The van der Waals surface area contributed by atoms with Crippen LogP contribution >= 0.6 is 0 Å². The zero-order valence-corrected chi connectivity index (χ0v) is 23.5. The molecule has 3 aromatic heterocycles. The lowest BCUT2D eigenvalue weighted by Gasteiger charge is -2.18. The van der Waals surface area contributed by atoms with Gasteiger partial charge in [0.05, 0.1) is 11.1 Å². The van der Waals surface area contributed by atoms with E-state index in [9.17, 15) is 9.59 Å². The van der Waals surface area contributed by atoms with Gasteiger partial charge in [-0.05, 0) is 55.9 Å². The highest BCUT2D eigenvalue weighted by atomic mass is 16.2. The summed E-state index contributed by atoms with van der Waals surface area (Å²) in [4.78, 5) is 34.0. The van der Waals surface area contributed by atoms with Crippen molar-refractivity contribution in [2.45, 2.75) is 45.2 Å². The highest BCUT2D eigenvalue weighted by molar-refractivity contribution is 6.50. The first kappa shape index (κ1) is 25.3. The van der Waals surface area contributed by atoms with Crippen molar-refractivity contribution in [3.8, 4) is 0 Å². The Morgan fingerprint density at radius 3 is 1.90 bits per heavy atom. The van der Waals surface area contributed by atoms with Crippen LogP contribution in [-0.4, -0.2) is 40.0 Å². The molecule has 3 aliphatic rings. The van der Waals surface area contributed by atoms with Gasteiger partial charge in [-0.3, -0.25) is 14.9 Å². The van der Waals surface area contributed by atoms with E-state index in [-0.39, 0.29) is 11.8 Å². The second-order valence-electron chi connectivity index (χ2n) is 11.3. The van der Waals surface area contributed by atoms with Crippen LogP contribution in [-0.2, 0) is 35.5 Å². The Labute approximate surface area is 239 Å². The molecule has 1 N–H and O–H groups in total. The summed E-state index contributed by atoms with van der Waals surface area (Å²) in [6, 6.07) is 20.7. The minimum Gasteiger partial charge on any atom is -0.363 e. The number of benzene rings is 2. The number of carbonyl (C=O) groups excluding carboxylic acids is 2. The zero-order valence-electron chi connectivity index (χ0n) is 23.5. The zero-order chi connectivity index (χ0) is 28.1. The Bertz CT molecular complexity index is 1870. The molecule has 0 saturated heterocycles. The topological polar surface area (TPSA) is 72.2 Å². The Hall–Kier alpha value is -4.65. The van der Waals surface area contributed by atoms with Crippen LogP contribution in [0.3, 0.4) is 0 Å². The van der Waals surface area contributed by atoms with Crippen molar-refractivity contribution < 1.29 is 9.59 Å². The molecular weight excluding hydrogens is 510 g/mol. The predicted octanol–water partition coefficient (Wildman–Crippen LogP) is 5.59. The molecule has 8 rings (SSSR count). The molecule has 0 aliphatic carbocycles. The van der Waals surface area contributed by atoms with E-state index in [0.29, 0.717) is 11.1 Å². The van der Waals surface area contributed by atoms with E-state index >= 15 is 0 Å². The molecule has 7 heteroatoms. The highest BCUT2D eigenvalue weighted by Gasteiger charge is 2.35. The number of hydrogen-bond acceptors (Lipinski definition) is 4. The van der Waals surface area contributed by atoms with E-state index in [2.05, 4.69) is 63.9 Å². The maximum absolute atomic E-state index is 13.4. The fourth-order valence-corrected chi connectivity index (χ4v) is 6.50. The quantitative estimate of drug-likeness (QED) is 0.280. The van der Waals surface area contributed by atoms with Crippen LogP contribution in [0.25, 0.3) is 33.0 Å². The summed E-state index contributed by atoms with van der Waals surface area (Å²) in [6.45, 7) is 1.60. The monoisotopic (exact) mass is 543 g/mol. The molecule has 6 bridgehead atoms. The summed E-state index contributed by atoms with van der Waals surface area (Å²) >= 11 is 0. The van der Waals surface area contributed by atoms with Gasteiger partial charge in [-0.2, -0.15) is 0 Å². The van der Waals surface area contributed by atoms with Crippen molar-refractivity contribution in [2.24, 2.45) is 0 Å². The van der Waals surface area contributed by atoms with Gasteiger partial charge < -0.3 is 14.0 Å². The molecule has 0 radical (unpaired) electrons. The first-order valence-electron chi connectivity index (χ1n) is 14.4. The number of aryl methyl sites for hydroxylation is 4. The number of amides is 2. The molecule has 41 heavy (non-hydrogen) atoms. The van der Waals surface area contributed by atoms with Crippen LogP contribution < -0.4 is 10.2 Å². The summed E-state index contributed by atoms with van der Waals surface area (Å²) in [6.07, 6.45) is 8.83. The Morgan fingerprint density at radius 2 is 1.29 bits per heavy atom.